The van der Waals surface area contributed by atoms with Crippen LogP contribution < -0.4 is 5.73 Å². The van der Waals surface area contributed by atoms with Crippen LogP contribution in [-0.4, -0.2) is 5.11 Å². The molecule has 0 aromatic heterocycles. The minimum absolute atomic E-state index is 0.0731. The van der Waals surface area contributed by atoms with Crippen LogP contribution in [0.5, 0.6) is 0 Å². The highest BCUT2D eigenvalue weighted by Gasteiger charge is 2.45. The van der Waals surface area contributed by atoms with Gasteiger partial charge in [-0.25, -0.2) is 8.78 Å². The molecule has 4 heteroatoms. The zero-order valence-electron chi connectivity index (χ0n) is 11.0. The van der Waals surface area contributed by atoms with E-state index in [1.165, 1.54) is 12.1 Å². The summed E-state index contributed by atoms with van der Waals surface area (Å²) in [6.07, 6.45) is 0.0731. The summed E-state index contributed by atoms with van der Waals surface area (Å²) in [5.41, 5.74) is 5.49. The molecule has 0 saturated carbocycles. The molecule has 0 amide bonds. The Morgan fingerprint density at radius 3 is 2.65 bits per heavy atom. The molecule has 104 valence electrons. The fourth-order valence-corrected chi connectivity index (χ4v) is 3.01. The standard InChI is InChI=1S/C16H15F2NO/c1-9-6-7-12(17)14(15(9)18)16(20)8-13(19)10-4-2-3-5-11(10)16/h2-7,13,20H,8,19H2,1H3. The summed E-state index contributed by atoms with van der Waals surface area (Å²) >= 11 is 0. The van der Waals surface area contributed by atoms with Crippen molar-refractivity contribution in [3.8, 4) is 0 Å². The molecule has 1 aliphatic rings. The van der Waals surface area contributed by atoms with Gasteiger partial charge in [0.2, 0.25) is 0 Å². The van der Waals surface area contributed by atoms with E-state index in [1.807, 2.05) is 0 Å². The Morgan fingerprint density at radius 1 is 1.20 bits per heavy atom. The van der Waals surface area contributed by atoms with E-state index in [2.05, 4.69) is 0 Å². The van der Waals surface area contributed by atoms with Crippen LogP contribution in [0.4, 0.5) is 8.78 Å². The molecule has 2 aromatic carbocycles. The number of benzene rings is 2. The van der Waals surface area contributed by atoms with Crippen LogP contribution in [0, 0.1) is 18.6 Å². The van der Waals surface area contributed by atoms with Gasteiger partial charge in [0.15, 0.2) is 0 Å². The van der Waals surface area contributed by atoms with Crippen molar-refractivity contribution in [2.45, 2.75) is 25.0 Å². The van der Waals surface area contributed by atoms with Crippen molar-refractivity contribution in [3.63, 3.8) is 0 Å². The molecule has 3 N–H and O–H groups in total. The summed E-state index contributed by atoms with van der Waals surface area (Å²) in [6.45, 7) is 1.54. The quantitative estimate of drug-likeness (QED) is 0.840. The van der Waals surface area contributed by atoms with Gasteiger partial charge in [0.25, 0.3) is 0 Å². The Morgan fingerprint density at radius 2 is 1.90 bits per heavy atom. The van der Waals surface area contributed by atoms with Crippen LogP contribution in [0.25, 0.3) is 0 Å². The Hall–Kier alpha value is -1.78. The lowest BCUT2D eigenvalue weighted by Crippen LogP contribution is -2.28. The molecule has 2 aromatic rings. The molecule has 0 spiro atoms. The second-order valence-corrected chi connectivity index (χ2v) is 5.31. The zero-order valence-corrected chi connectivity index (χ0v) is 11.0. The maximum absolute atomic E-state index is 14.3. The lowest BCUT2D eigenvalue weighted by molar-refractivity contribution is 0.0693. The molecule has 0 heterocycles. The van der Waals surface area contributed by atoms with Gasteiger partial charge < -0.3 is 10.8 Å². The predicted molar refractivity (Wildman–Crippen MR) is 72.1 cm³/mol. The van der Waals surface area contributed by atoms with E-state index >= 15 is 0 Å². The van der Waals surface area contributed by atoms with E-state index in [1.54, 1.807) is 31.2 Å². The lowest BCUT2D eigenvalue weighted by atomic mass is 9.86. The highest BCUT2D eigenvalue weighted by Crippen LogP contribution is 2.47. The molecule has 2 atom stereocenters. The van der Waals surface area contributed by atoms with E-state index in [9.17, 15) is 13.9 Å². The van der Waals surface area contributed by atoms with Crippen molar-refractivity contribution >= 4 is 0 Å². The average molecular weight is 275 g/mol. The van der Waals surface area contributed by atoms with Gasteiger partial charge in [-0.3, -0.25) is 0 Å². The van der Waals surface area contributed by atoms with Crippen molar-refractivity contribution in [3.05, 3.63) is 70.3 Å². The van der Waals surface area contributed by atoms with Crippen LogP contribution in [0.1, 0.15) is 34.7 Å². The number of fused-ring (bicyclic) bond motifs is 1. The molecule has 0 aliphatic heterocycles. The first-order chi connectivity index (χ1) is 9.45. The molecular formula is C16H15F2NO. The molecule has 2 unspecified atom stereocenters. The van der Waals surface area contributed by atoms with Gasteiger partial charge in [-0.15, -0.1) is 0 Å². The summed E-state index contributed by atoms with van der Waals surface area (Å²) in [4.78, 5) is 0. The van der Waals surface area contributed by atoms with Gasteiger partial charge in [-0.2, -0.15) is 0 Å². The Balaban J connectivity index is 2.28. The van der Waals surface area contributed by atoms with Crippen molar-refractivity contribution in [1.29, 1.82) is 0 Å². The minimum Gasteiger partial charge on any atom is -0.380 e. The number of nitrogens with two attached hydrogens (primary N) is 1. The highest BCUT2D eigenvalue weighted by molar-refractivity contribution is 5.48. The molecule has 0 fully saturated rings. The first kappa shape index (κ1) is 13.2. The van der Waals surface area contributed by atoms with Gasteiger partial charge in [0, 0.05) is 12.5 Å². The van der Waals surface area contributed by atoms with Crippen molar-refractivity contribution < 1.29 is 13.9 Å². The largest absolute Gasteiger partial charge is 0.380 e. The Kier molecular flexibility index (Phi) is 2.88. The van der Waals surface area contributed by atoms with E-state index in [0.29, 0.717) is 11.1 Å². The van der Waals surface area contributed by atoms with Crippen LogP contribution in [0.2, 0.25) is 0 Å². The molecule has 2 nitrogen and oxygen atoms in total. The molecule has 0 bridgehead atoms. The van der Waals surface area contributed by atoms with Crippen molar-refractivity contribution in [2.75, 3.05) is 0 Å². The summed E-state index contributed by atoms with van der Waals surface area (Å²) < 4.78 is 28.4. The third-order valence-electron chi connectivity index (χ3n) is 4.02. The van der Waals surface area contributed by atoms with Gasteiger partial charge in [-0.1, -0.05) is 30.3 Å². The molecule has 0 radical (unpaired) electrons. The number of hydrogen-bond acceptors (Lipinski definition) is 2. The first-order valence-electron chi connectivity index (χ1n) is 6.47. The maximum atomic E-state index is 14.3. The monoisotopic (exact) mass is 275 g/mol. The predicted octanol–water partition coefficient (Wildman–Crippen LogP) is 2.91. The second kappa shape index (κ2) is 4.36. The number of aliphatic hydroxyl groups is 1. The topological polar surface area (TPSA) is 46.2 Å². The van der Waals surface area contributed by atoms with Crippen LogP contribution in [0.3, 0.4) is 0 Å². The zero-order chi connectivity index (χ0) is 14.5. The van der Waals surface area contributed by atoms with Gasteiger partial charge >= 0.3 is 0 Å². The number of aryl methyl sites for hydroxylation is 1. The second-order valence-electron chi connectivity index (χ2n) is 5.31. The molecule has 3 rings (SSSR count). The smallest absolute Gasteiger partial charge is 0.135 e. The normalized spacial score (nSPS) is 24.8. The summed E-state index contributed by atoms with van der Waals surface area (Å²) in [5.74, 6) is -1.46. The fourth-order valence-electron chi connectivity index (χ4n) is 3.01. The lowest BCUT2D eigenvalue weighted by Gasteiger charge is -2.26. The summed E-state index contributed by atoms with van der Waals surface area (Å²) in [5, 5.41) is 10.9. The third-order valence-corrected chi connectivity index (χ3v) is 4.02. The maximum Gasteiger partial charge on any atom is 0.135 e. The van der Waals surface area contributed by atoms with Gasteiger partial charge in [-0.05, 0) is 29.7 Å². The summed E-state index contributed by atoms with van der Waals surface area (Å²) in [7, 11) is 0. The van der Waals surface area contributed by atoms with E-state index in [4.69, 9.17) is 5.73 Å². The van der Waals surface area contributed by atoms with Crippen molar-refractivity contribution in [2.24, 2.45) is 5.73 Å². The molecular weight excluding hydrogens is 260 g/mol. The summed E-state index contributed by atoms with van der Waals surface area (Å²) in [6, 6.07) is 9.08. The fraction of sp³-hybridized carbons (Fsp3) is 0.250. The van der Waals surface area contributed by atoms with E-state index < -0.39 is 23.3 Å². The van der Waals surface area contributed by atoms with Crippen LogP contribution in [0.15, 0.2) is 36.4 Å². The molecule has 20 heavy (non-hydrogen) atoms. The SMILES string of the molecule is Cc1ccc(F)c(C2(O)CC(N)c3ccccc32)c1F. The van der Waals surface area contributed by atoms with E-state index in [-0.39, 0.29) is 12.0 Å². The number of hydrogen-bond donors (Lipinski definition) is 2. The number of rotatable bonds is 1. The van der Waals surface area contributed by atoms with Crippen LogP contribution in [-0.2, 0) is 5.60 Å². The minimum atomic E-state index is -1.71. The molecule has 1 aliphatic carbocycles. The number of halogens is 2. The van der Waals surface area contributed by atoms with Crippen molar-refractivity contribution in [1.82, 2.24) is 0 Å². The van der Waals surface area contributed by atoms with Gasteiger partial charge in [0.1, 0.15) is 17.2 Å². The Bertz CT molecular complexity index is 686. The first-order valence-corrected chi connectivity index (χ1v) is 6.47. The Labute approximate surface area is 115 Å². The van der Waals surface area contributed by atoms with Gasteiger partial charge in [0.05, 0.1) is 5.56 Å². The average Bonchev–Trinajstić information content (AvgIpc) is 2.68. The third kappa shape index (κ3) is 1.69. The molecule has 0 saturated heterocycles. The highest BCUT2D eigenvalue weighted by atomic mass is 19.1. The van der Waals surface area contributed by atoms with Crippen LogP contribution >= 0.6 is 0 Å². The van der Waals surface area contributed by atoms with E-state index in [0.717, 1.165) is 5.56 Å².